The molecule has 2 fully saturated rings. The van der Waals surface area contributed by atoms with Crippen LogP contribution in [-0.2, 0) is 9.47 Å². The Morgan fingerprint density at radius 3 is 2.13 bits per heavy atom. The van der Waals surface area contributed by atoms with Crippen LogP contribution in [0.25, 0.3) is 0 Å². The zero-order valence-electron chi connectivity index (χ0n) is 15.7. The number of hydrogen-bond acceptors (Lipinski definition) is 4. The molecule has 0 aliphatic carbocycles. The lowest BCUT2D eigenvalue weighted by atomic mass is 9.89. The predicted molar refractivity (Wildman–Crippen MR) is 91.6 cm³/mol. The van der Waals surface area contributed by atoms with Gasteiger partial charge in [0, 0.05) is 32.2 Å². The fourth-order valence-corrected chi connectivity index (χ4v) is 3.74. The highest BCUT2D eigenvalue weighted by Gasteiger charge is 2.33. The largest absolute Gasteiger partial charge is 0.444 e. The summed E-state index contributed by atoms with van der Waals surface area (Å²) in [5.74, 6) is 0.645. The molecule has 2 aliphatic heterocycles. The van der Waals surface area contributed by atoms with E-state index >= 15 is 0 Å². The van der Waals surface area contributed by atoms with Crippen LogP contribution in [0.5, 0.6) is 0 Å². The number of carbonyl (C=O) groups is 1. The first-order valence-electron chi connectivity index (χ1n) is 9.03. The number of likely N-dealkylation sites (tertiary alicyclic amines) is 1. The van der Waals surface area contributed by atoms with Crippen molar-refractivity contribution in [3.63, 3.8) is 0 Å². The highest BCUT2D eigenvalue weighted by atomic mass is 16.6. The lowest BCUT2D eigenvalue weighted by molar-refractivity contribution is -0.0873. The number of amides is 1. The van der Waals surface area contributed by atoms with E-state index in [1.165, 1.54) is 0 Å². The van der Waals surface area contributed by atoms with E-state index in [0.29, 0.717) is 24.2 Å². The van der Waals surface area contributed by atoms with Crippen molar-refractivity contribution in [1.82, 2.24) is 9.80 Å². The number of ether oxygens (including phenoxy) is 2. The molecule has 1 amide bonds. The van der Waals surface area contributed by atoms with Gasteiger partial charge in [-0.2, -0.15) is 0 Å². The summed E-state index contributed by atoms with van der Waals surface area (Å²) in [6, 6.07) is 0.546. The van der Waals surface area contributed by atoms with Crippen LogP contribution in [0, 0.1) is 5.92 Å². The van der Waals surface area contributed by atoms with Gasteiger partial charge in [-0.15, -0.1) is 0 Å². The minimum absolute atomic E-state index is 0.169. The van der Waals surface area contributed by atoms with Gasteiger partial charge in [0.2, 0.25) is 0 Å². The fraction of sp³-hybridized carbons (Fsp3) is 0.944. The molecule has 1 unspecified atom stereocenters. The Morgan fingerprint density at radius 2 is 1.65 bits per heavy atom. The van der Waals surface area contributed by atoms with Crippen LogP contribution < -0.4 is 0 Å². The summed E-state index contributed by atoms with van der Waals surface area (Å²) in [5.41, 5.74) is -0.415. The Balaban J connectivity index is 1.83. The number of piperidine rings is 1. The molecule has 23 heavy (non-hydrogen) atoms. The zero-order valence-corrected chi connectivity index (χ0v) is 15.7. The van der Waals surface area contributed by atoms with Crippen LogP contribution in [0.2, 0.25) is 0 Å². The molecule has 0 aromatic rings. The van der Waals surface area contributed by atoms with Gasteiger partial charge in [0.15, 0.2) is 0 Å². The summed E-state index contributed by atoms with van der Waals surface area (Å²) in [6.45, 7) is 16.0. The van der Waals surface area contributed by atoms with E-state index in [4.69, 9.17) is 9.47 Å². The Labute approximate surface area is 141 Å². The van der Waals surface area contributed by atoms with Gasteiger partial charge in [-0.25, -0.2) is 4.79 Å². The van der Waals surface area contributed by atoms with Crippen LogP contribution in [0.1, 0.15) is 54.4 Å². The Kier molecular flexibility index (Phi) is 5.95. The molecule has 0 N–H and O–H groups in total. The molecule has 5 nitrogen and oxygen atoms in total. The SMILES string of the molecule is CC(C1CCN(C(=O)OC(C)(C)C)CC1)N1C[C@@H](C)O[C@@H](C)C1. The van der Waals surface area contributed by atoms with Crippen LogP contribution in [0.3, 0.4) is 0 Å². The maximum absolute atomic E-state index is 12.2. The van der Waals surface area contributed by atoms with Gasteiger partial charge in [-0.05, 0) is 60.3 Å². The predicted octanol–water partition coefficient (Wildman–Crippen LogP) is 3.13. The van der Waals surface area contributed by atoms with Gasteiger partial charge in [-0.1, -0.05) is 0 Å². The molecule has 0 aromatic heterocycles. The molecule has 3 atom stereocenters. The molecule has 134 valence electrons. The standard InChI is InChI=1S/C18H34N2O3/c1-13-11-20(12-14(2)22-13)15(3)16-7-9-19(10-8-16)17(21)23-18(4,5)6/h13-16H,7-12H2,1-6H3/t13-,14+,15?. The van der Waals surface area contributed by atoms with Crippen molar-refractivity contribution in [3.05, 3.63) is 0 Å². The van der Waals surface area contributed by atoms with Crippen molar-refractivity contribution in [2.45, 2.75) is 78.2 Å². The molecule has 0 bridgehead atoms. The van der Waals surface area contributed by atoms with Crippen molar-refractivity contribution in [3.8, 4) is 0 Å². The lowest BCUT2D eigenvalue weighted by Crippen LogP contribution is -2.53. The second kappa shape index (κ2) is 7.39. The summed E-state index contributed by atoms with van der Waals surface area (Å²) < 4.78 is 11.3. The summed E-state index contributed by atoms with van der Waals surface area (Å²) in [4.78, 5) is 16.6. The third-order valence-corrected chi connectivity index (χ3v) is 4.90. The third-order valence-electron chi connectivity index (χ3n) is 4.90. The van der Waals surface area contributed by atoms with Gasteiger partial charge in [0.1, 0.15) is 5.60 Å². The normalized spacial score (nSPS) is 29.4. The van der Waals surface area contributed by atoms with E-state index in [9.17, 15) is 4.79 Å². The summed E-state index contributed by atoms with van der Waals surface area (Å²) in [5, 5.41) is 0. The van der Waals surface area contributed by atoms with E-state index in [2.05, 4.69) is 25.7 Å². The van der Waals surface area contributed by atoms with Gasteiger partial charge in [0.25, 0.3) is 0 Å². The van der Waals surface area contributed by atoms with E-state index in [-0.39, 0.29) is 6.09 Å². The third kappa shape index (κ3) is 5.35. The second-order valence-electron chi connectivity index (χ2n) is 8.26. The molecule has 2 aliphatic rings. The smallest absolute Gasteiger partial charge is 0.410 e. The second-order valence-corrected chi connectivity index (χ2v) is 8.26. The highest BCUT2D eigenvalue weighted by Crippen LogP contribution is 2.27. The van der Waals surface area contributed by atoms with E-state index in [1.54, 1.807) is 0 Å². The molecule has 5 heteroatoms. The Morgan fingerprint density at radius 1 is 1.13 bits per heavy atom. The molecule has 0 radical (unpaired) electrons. The number of carbonyl (C=O) groups excluding carboxylic acids is 1. The molecule has 0 saturated carbocycles. The zero-order chi connectivity index (χ0) is 17.2. The molecule has 0 spiro atoms. The molecular weight excluding hydrogens is 292 g/mol. The van der Waals surface area contributed by atoms with E-state index < -0.39 is 5.60 Å². The van der Waals surface area contributed by atoms with Crippen molar-refractivity contribution in [2.75, 3.05) is 26.2 Å². The Bertz CT molecular complexity index is 390. The van der Waals surface area contributed by atoms with Crippen LogP contribution in [0.4, 0.5) is 4.79 Å². The molecule has 2 heterocycles. The number of nitrogens with zero attached hydrogens (tertiary/aromatic N) is 2. The first kappa shape index (κ1) is 18.5. The monoisotopic (exact) mass is 326 g/mol. The minimum atomic E-state index is -0.415. The van der Waals surface area contributed by atoms with Crippen molar-refractivity contribution >= 4 is 6.09 Å². The molecular formula is C18H34N2O3. The minimum Gasteiger partial charge on any atom is -0.444 e. The number of hydrogen-bond donors (Lipinski definition) is 0. The summed E-state index contributed by atoms with van der Waals surface area (Å²) in [6.07, 6.45) is 2.56. The van der Waals surface area contributed by atoms with Crippen molar-refractivity contribution in [1.29, 1.82) is 0 Å². The fourth-order valence-electron chi connectivity index (χ4n) is 3.74. The maximum Gasteiger partial charge on any atom is 0.410 e. The average Bonchev–Trinajstić information content (AvgIpc) is 2.44. The Hall–Kier alpha value is -0.810. The van der Waals surface area contributed by atoms with E-state index in [1.807, 2.05) is 25.7 Å². The number of morpholine rings is 1. The van der Waals surface area contributed by atoms with Gasteiger partial charge < -0.3 is 14.4 Å². The topological polar surface area (TPSA) is 42.0 Å². The summed E-state index contributed by atoms with van der Waals surface area (Å²) >= 11 is 0. The van der Waals surface area contributed by atoms with E-state index in [0.717, 1.165) is 39.0 Å². The van der Waals surface area contributed by atoms with Crippen molar-refractivity contribution < 1.29 is 14.3 Å². The van der Waals surface area contributed by atoms with Gasteiger partial charge >= 0.3 is 6.09 Å². The maximum atomic E-state index is 12.2. The average molecular weight is 326 g/mol. The van der Waals surface area contributed by atoms with Gasteiger partial charge in [-0.3, -0.25) is 4.90 Å². The van der Waals surface area contributed by atoms with Crippen LogP contribution >= 0.6 is 0 Å². The van der Waals surface area contributed by atoms with Gasteiger partial charge in [0.05, 0.1) is 12.2 Å². The first-order valence-corrected chi connectivity index (χ1v) is 9.03. The number of rotatable bonds is 2. The highest BCUT2D eigenvalue weighted by molar-refractivity contribution is 5.68. The molecule has 0 aromatic carbocycles. The molecule has 2 rings (SSSR count). The lowest BCUT2D eigenvalue weighted by Gasteiger charge is -2.44. The van der Waals surface area contributed by atoms with Crippen LogP contribution in [0.15, 0.2) is 0 Å². The van der Waals surface area contributed by atoms with Crippen molar-refractivity contribution in [2.24, 2.45) is 5.92 Å². The van der Waals surface area contributed by atoms with Crippen LogP contribution in [-0.4, -0.2) is 65.9 Å². The molecule has 2 saturated heterocycles. The first-order chi connectivity index (χ1) is 10.7. The quantitative estimate of drug-likeness (QED) is 0.782. The summed E-state index contributed by atoms with van der Waals surface area (Å²) in [7, 11) is 0.